The summed E-state index contributed by atoms with van der Waals surface area (Å²) in [7, 11) is 0. The van der Waals surface area contributed by atoms with Crippen LogP contribution in [0, 0.1) is 5.92 Å². The second kappa shape index (κ2) is 6.15. The first-order valence-corrected chi connectivity index (χ1v) is 8.29. The molecule has 0 aromatic heterocycles. The molecule has 3 nitrogen and oxygen atoms in total. The molecule has 3 rings (SSSR count). The summed E-state index contributed by atoms with van der Waals surface area (Å²) in [6, 6.07) is 5.95. The molecule has 0 aliphatic heterocycles. The van der Waals surface area contributed by atoms with Crippen molar-refractivity contribution in [2.75, 3.05) is 0 Å². The molecule has 2 fully saturated rings. The third kappa shape index (κ3) is 3.91. The molecule has 0 spiro atoms. The summed E-state index contributed by atoms with van der Waals surface area (Å²) >= 11 is 12.0. The van der Waals surface area contributed by atoms with E-state index in [1.54, 1.807) is 6.07 Å². The molecule has 1 aromatic rings. The summed E-state index contributed by atoms with van der Waals surface area (Å²) in [5.74, 6) is 0.725. The van der Waals surface area contributed by atoms with Crippen LogP contribution in [0.4, 0.5) is 0 Å². The predicted molar refractivity (Wildman–Crippen MR) is 85.4 cm³/mol. The number of nitrogens with zero attached hydrogens (tertiary/aromatic N) is 1. The van der Waals surface area contributed by atoms with Crippen LogP contribution in [-0.2, 0) is 11.3 Å². The molecule has 1 amide bonds. The van der Waals surface area contributed by atoms with Crippen LogP contribution in [0.2, 0.25) is 10.0 Å². The van der Waals surface area contributed by atoms with Crippen molar-refractivity contribution in [3.8, 4) is 0 Å². The summed E-state index contributed by atoms with van der Waals surface area (Å²) in [5.41, 5.74) is 7.11. The third-order valence-corrected chi connectivity index (χ3v) is 5.02. The highest BCUT2D eigenvalue weighted by molar-refractivity contribution is 6.42. The monoisotopic (exact) mass is 326 g/mol. The molecule has 1 aromatic carbocycles. The van der Waals surface area contributed by atoms with Crippen molar-refractivity contribution in [3.05, 3.63) is 33.8 Å². The van der Waals surface area contributed by atoms with Crippen molar-refractivity contribution >= 4 is 29.1 Å². The summed E-state index contributed by atoms with van der Waals surface area (Å²) in [6.07, 6.45) is 4.98. The van der Waals surface area contributed by atoms with E-state index in [9.17, 15) is 4.79 Å². The Morgan fingerprint density at radius 2 is 1.95 bits per heavy atom. The van der Waals surface area contributed by atoms with Crippen molar-refractivity contribution in [3.63, 3.8) is 0 Å². The lowest BCUT2D eigenvalue weighted by Gasteiger charge is -2.24. The van der Waals surface area contributed by atoms with Gasteiger partial charge in [0.25, 0.3) is 0 Å². The minimum atomic E-state index is 0.0209. The van der Waals surface area contributed by atoms with Crippen molar-refractivity contribution in [2.45, 2.75) is 50.7 Å². The molecule has 0 radical (unpaired) electrons. The molecule has 21 heavy (non-hydrogen) atoms. The van der Waals surface area contributed by atoms with E-state index in [0.29, 0.717) is 35.0 Å². The molecule has 1 atom stereocenters. The van der Waals surface area contributed by atoms with E-state index in [1.807, 2.05) is 17.0 Å². The van der Waals surface area contributed by atoms with Gasteiger partial charge in [-0.3, -0.25) is 4.79 Å². The number of halogens is 2. The highest BCUT2D eigenvalue weighted by atomic mass is 35.5. The fraction of sp³-hybridized carbons (Fsp3) is 0.562. The number of hydrogen-bond donors (Lipinski definition) is 1. The third-order valence-electron chi connectivity index (χ3n) is 4.28. The normalized spacial score (nSPS) is 19.4. The van der Waals surface area contributed by atoms with Gasteiger partial charge in [0.1, 0.15) is 0 Å². The molecule has 0 heterocycles. The van der Waals surface area contributed by atoms with Crippen molar-refractivity contribution < 1.29 is 4.79 Å². The lowest BCUT2D eigenvalue weighted by atomic mass is 10.1. The van der Waals surface area contributed by atoms with Crippen molar-refractivity contribution in [2.24, 2.45) is 11.7 Å². The Morgan fingerprint density at radius 1 is 1.24 bits per heavy atom. The Morgan fingerprint density at radius 3 is 2.52 bits per heavy atom. The lowest BCUT2D eigenvalue weighted by molar-refractivity contribution is -0.132. The van der Waals surface area contributed by atoms with E-state index in [0.717, 1.165) is 18.4 Å². The highest BCUT2D eigenvalue weighted by Gasteiger charge is 2.36. The maximum absolute atomic E-state index is 12.5. The van der Waals surface area contributed by atoms with Crippen LogP contribution in [0.1, 0.15) is 37.7 Å². The van der Waals surface area contributed by atoms with Crippen LogP contribution < -0.4 is 5.73 Å². The summed E-state index contributed by atoms with van der Waals surface area (Å²) in [4.78, 5) is 14.5. The minimum Gasteiger partial charge on any atom is -0.335 e. The van der Waals surface area contributed by atoms with Gasteiger partial charge in [-0.2, -0.15) is 0 Å². The molecule has 0 saturated heterocycles. The second-order valence-electron chi connectivity index (χ2n) is 6.21. The number of carbonyl (C=O) groups is 1. The molecule has 0 bridgehead atoms. The molecule has 2 aliphatic rings. The first-order valence-electron chi connectivity index (χ1n) is 7.53. The summed E-state index contributed by atoms with van der Waals surface area (Å²) in [5, 5.41) is 1.08. The maximum Gasteiger partial charge on any atom is 0.224 e. The summed E-state index contributed by atoms with van der Waals surface area (Å²) < 4.78 is 0. The van der Waals surface area contributed by atoms with E-state index in [1.165, 1.54) is 12.8 Å². The quantitative estimate of drug-likeness (QED) is 0.867. The zero-order chi connectivity index (χ0) is 15.0. The van der Waals surface area contributed by atoms with Gasteiger partial charge in [0.15, 0.2) is 0 Å². The fourth-order valence-electron chi connectivity index (χ4n) is 2.65. The van der Waals surface area contributed by atoms with E-state index in [2.05, 4.69) is 0 Å². The first-order chi connectivity index (χ1) is 10.0. The van der Waals surface area contributed by atoms with E-state index in [-0.39, 0.29) is 11.9 Å². The second-order valence-corrected chi connectivity index (χ2v) is 7.02. The predicted octanol–water partition coefficient (Wildman–Crippen LogP) is 3.61. The van der Waals surface area contributed by atoms with Gasteiger partial charge in [-0.15, -0.1) is 0 Å². The smallest absolute Gasteiger partial charge is 0.224 e. The zero-order valence-corrected chi connectivity index (χ0v) is 13.4. The molecule has 1 unspecified atom stereocenters. The van der Waals surface area contributed by atoms with Crippen LogP contribution in [-0.4, -0.2) is 22.9 Å². The van der Waals surface area contributed by atoms with Gasteiger partial charge in [0, 0.05) is 25.0 Å². The molecule has 114 valence electrons. The fourth-order valence-corrected chi connectivity index (χ4v) is 2.97. The van der Waals surface area contributed by atoms with Gasteiger partial charge >= 0.3 is 0 Å². The van der Waals surface area contributed by atoms with Gasteiger partial charge in [-0.1, -0.05) is 29.3 Å². The van der Waals surface area contributed by atoms with Gasteiger partial charge in [0.2, 0.25) is 5.91 Å². The van der Waals surface area contributed by atoms with E-state index >= 15 is 0 Å². The molecule has 2 saturated carbocycles. The van der Waals surface area contributed by atoms with Crippen molar-refractivity contribution in [1.82, 2.24) is 4.90 Å². The maximum atomic E-state index is 12.5. The molecular weight excluding hydrogens is 307 g/mol. The largest absolute Gasteiger partial charge is 0.335 e. The Bertz CT molecular complexity index is 541. The zero-order valence-electron chi connectivity index (χ0n) is 11.9. The molecular formula is C16H20Cl2N2O. The van der Waals surface area contributed by atoms with E-state index < -0.39 is 0 Å². The topological polar surface area (TPSA) is 46.3 Å². The van der Waals surface area contributed by atoms with E-state index in [4.69, 9.17) is 28.9 Å². The lowest BCUT2D eigenvalue weighted by Crippen LogP contribution is -2.37. The van der Waals surface area contributed by atoms with Gasteiger partial charge in [-0.25, -0.2) is 0 Å². The van der Waals surface area contributed by atoms with Crippen LogP contribution in [0.25, 0.3) is 0 Å². The molecule has 2 N–H and O–H groups in total. The number of carbonyl (C=O) groups excluding carboxylic acids is 1. The molecule has 2 aliphatic carbocycles. The van der Waals surface area contributed by atoms with Crippen LogP contribution in [0.15, 0.2) is 18.2 Å². The number of hydrogen-bond acceptors (Lipinski definition) is 2. The minimum absolute atomic E-state index is 0.0209. The Balaban J connectivity index is 1.66. The summed E-state index contributed by atoms with van der Waals surface area (Å²) in [6.45, 7) is 0.595. The van der Waals surface area contributed by atoms with Gasteiger partial charge in [-0.05, 0) is 49.3 Å². The number of benzene rings is 1. The molecule has 5 heteroatoms. The van der Waals surface area contributed by atoms with Crippen molar-refractivity contribution in [1.29, 1.82) is 0 Å². The van der Waals surface area contributed by atoms with Crippen LogP contribution in [0.5, 0.6) is 0 Å². The van der Waals surface area contributed by atoms with Gasteiger partial charge in [0.05, 0.1) is 10.0 Å². The Kier molecular flexibility index (Phi) is 4.43. The Labute approximate surface area is 135 Å². The van der Waals surface area contributed by atoms with Crippen LogP contribution >= 0.6 is 23.2 Å². The number of rotatable bonds is 6. The number of nitrogens with two attached hydrogens (primary N) is 1. The number of amides is 1. The average Bonchev–Trinajstić information content (AvgIpc) is 3.30. The SMILES string of the molecule is NC(CC(=O)N(Cc1ccc(Cl)c(Cl)c1)C1CC1)C1CC1. The highest BCUT2D eigenvalue weighted by Crippen LogP contribution is 2.35. The van der Waals surface area contributed by atoms with Crippen LogP contribution in [0.3, 0.4) is 0 Å². The van der Waals surface area contributed by atoms with Gasteiger partial charge < -0.3 is 10.6 Å². The first kappa shape index (κ1) is 15.1. The Hall–Kier alpha value is -0.770. The average molecular weight is 327 g/mol. The standard InChI is InChI=1S/C16H20Cl2N2O/c17-13-6-1-10(7-14(13)18)9-20(12-4-5-12)16(21)8-15(19)11-2-3-11/h1,6-7,11-12,15H,2-5,8-9,19H2.